The minimum Gasteiger partial charge on any atom is -0.321 e. The van der Waals surface area contributed by atoms with E-state index >= 15 is 0 Å². The van der Waals surface area contributed by atoms with Gasteiger partial charge in [-0.15, -0.1) is 10.2 Å². The Morgan fingerprint density at radius 1 is 0.926 bits per heavy atom. The summed E-state index contributed by atoms with van der Waals surface area (Å²) in [6, 6.07) is 14.0. The number of benzene rings is 2. The summed E-state index contributed by atoms with van der Waals surface area (Å²) in [7, 11) is 0. The zero-order chi connectivity index (χ0) is 18.8. The van der Waals surface area contributed by atoms with E-state index in [0.29, 0.717) is 32.3 Å². The third-order valence-corrected chi connectivity index (χ3v) is 5.82. The average Bonchev–Trinajstić information content (AvgIpc) is 3.42. The molecule has 8 heteroatoms. The number of carbonyl (C=O) groups excluding carboxylic acids is 2. The first-order chi connectivity index (χ1) is 13.1. The molecule has 1 aliphatic carbocycles. The maximum absolute atomic E-state index is 12.7. The lowest BCUT2D eigenvalue weighted by atomic mass is 10.1. The van der Waals surface area contributed by atoms with Gasteiger partial charge in [-0.3, -0.25) is 14.9 Å². The number of nitrogens with zero attached hydrogens (tertiary/aromatic N) is 2. The molecule has 0 atom stereocenters. The van der Waals surface area contributed by atoms with E-state index in [2.05, 4.69) is 36.8 Å². The summed E-state index contributed by atoms with van der Waals surface area (Å²) in [6.07, 6.45) is 2.26. The first-order valence-electron chi connectivity index (χ1n) is 8.41. The van der Waals surface area contributed by atoms with Gasteiger partial charge in [0.1, 0.15) is 5.01 Å². The topological polar surface area (TPSA) is 84.0 Å². The molecule has 2 N–H and O–H groups in total. The average molecular weight is 443 g/mol. The number of para-hydroxylation sites is 1. The highest BCUT2D eigenvalue weighted by molar-refractivity contribution is 9.10. The van der Waals surface area contributed by atoms with Crippen molar-refractivity contribution in [3.8, 4) is 0 Å². The van der Waals surface area contributed by atoms with Gasteiger partial charge in [0.15, 0.2) is 0 Å². The molecule has 1 heterocycles. The molecule has 0 bridgehead atoms. The number of hydrogen-bond acceptors (Lipinski definition) is 5. The van der Waals surface area contributed by atoms with Gasteiger partial charge in [-0.2, -0.15) is 0 Å². The Labute approximate surface area is 168 Å². The fraction of sp³-hybridized carbons (Fsp3) is 0.158. The maximum Gasteiger partial charge on any atom is 0.259 e. The molecule has 4 rings (SSSR count). The van der Waals surface area contributed by atoms with Gasteiger partial charge in [0.25, 0.3) is 11.8 Å². The number of nitrogens with one attached hydrogen (secondary N) is 2. The Bertz CT molecular complexity index is 1020. The second kappa shape index (κ2) is 7.58. The minimum atomic E-state index is -0.337. The van der Waals surface area contributed by atoms with Gasteiger partial charge in [-0.1, -0.05) is 35.6 Å². The second-order valence-electron chi connectivity index (χ2n) is 6.15. The molecule has 27 heavy (non-hydrogen) atoms. The van der Waals surface area contributed by atoms with Crippen LogP contribution in [0.3, 0.4) is 0 Å². The van der Waals surface area contributed by atoms with E-state index in [1.807, 2.05) is 6.07 Å². The van der Waals surface area contributed by atoms with Crippen LogP contribution in [0.5, 0.6) is 0 Å². The van der Waals surface area contributed by atoms with Crippen LogP contribution in [0.15, 0.2) is 53.0 Å². The summed E-state index contributed by atoms with van der Waals surface area (Å²) < 4.78 is 0.686. The second-order valence-corrected chi connectivity index (χ2v) is 8.02. The molecule has 2 aromatic carbocycles. The molecule has 0 radical (unpaired) electrons. The van der Waals surface area contributed by atoms with Crippen molar-refractivity contribution in [1.82, 2.24) is 10.2 Å². The summed E-state index contributed by atoms with van der Waals surface area (Å²) in [6.45, 7) is 0. The number of rotatable bonds is 5. The van der Waals surface area contributed by atoms with E-state index in [1.165, 1.54) is 11.3 Å². The fourth-order valence-electron chi connectivity index (χ4n) is 2.57. The highest BCUT2D eigenvalue weighted by Gasteiger charge is 2.28. The minimum absolute atomic E-state index is 0.297. The lowest BCUT2D eigenvalue weighted by Crippen LogP contribution is -2.18. The molecule has 0 unspecified atom stereocenters. The fourth-order valence-corrected chi connectivity index (χ4v) is 3.94. The van der Waals surface area contributed by atoms with Crippen LogP contribution in [-0.2, 0) is 0 Å². The summed E-state index contributed by atoms with van der Waals surface area (Å²) >= 11 is 4.76. The largest absolute Gasteiger partial charge is 0.321 e. The highest BCUT2D eigenvalue weighted by Crippen LogP contribution is 2.42. The van der Waals surface area contributed by atoms with Crippen LogP contribution in [-0.4, -0.2) is 22.0 Å². The van der Waals surface area contributed by atoms with Crippen molar-refractivity contribution in [1.29, 1.82) is 0 Å². The number of hydrogen-bond donors (Lipinski definition) is 2. The van der Waals surface area contributed by atoms with E-state index in [-0.39, 0.29) is 11.8 Å². The molecule has 1 aromatic heterocycles. The van der Waals surface area contributed by atoms with Crippen molar-refractivity contribution in [3.05, 3.63) is 69.1 Å². The number of anilines is 2. The molecule has 1 aliphatic rings. The number of carbonyl (C=O) groups is 2. The predicted molar refractivity (Wildman–Crippen MR) is 108 cm³/mol. The normalized spacial score (nSPS) is 13.2. The van der Waals surface area contributed by atoms with E-state index in [9.17, 15) is 9.59 Å². The molecular formula is C19H15BrN4O2S. The van der Waals surface area contributed by atoms with Crippen molar-refractivity contribution in [3.63, 3.8) is 0 Å². The summed E-state index contributed by atoms with van der Waals surface area (Å²) in [4.78, 5) is 25.2. The maximum atomic E-state index is 12.7. The van der Waals surface area contributed by atoms with Gasteiger partial charge < -0.3 is 5.32 Å². The Hall–Kier alpha value is -2.58. The third-order valence-electron chi connectivity index (χ3n) is 4.13. The van der Waals surface area contributed by atoms with E-state index in [1.54, 1.807) is 42.5 Å². The van der Waals surface area contributed by atoms with E-state index in [0.717, 1.165) is 17.8 Å². The van der Waals surface area contributed by atoms with Gasteiger partial charge in [0.05, 0.1) is 16.8 Å². The van der Waals surface area contributed by atoms with Crippen molar-refractivity contribution in [2.24, 2.45) is 0 Å². The summed E-state index contributed by atoms with van der Waals surface area (Å²) in [5, 5.41) is 15.2. The van der Waals surface area contributed by atoms with Crippen molar-refractivity contribution < 1.29 is 9.59 Å². The standard InChI is InChI=1S/C19H15BrN4O2S/c20-14-7-3-1-5-12(14)16(25)21-15-8-4-2-6-13(15)17(26)22-19-24-23-18(27-19)11-9-10-11/h1-8,11H,9-10H2,(H,21,25)(H,22,24,26). The molecule has 1 fully saturated rings. The number of halogens is 1. The molecule has 6 nitrogen and oxygen atoms in total. The molecule has 0 saturated heterocycles. The number of aromatic nitrogens is 2. The predicted octanol–water partition coefficient (Wildman–Crippen LogP) is 4.68. The van der Waals surface area contributed by atoms with E-state index in [4.69, 9.17) is 0 Å². The Morgan fingerprint density at radius 3 is 2.33 bits per heavy atom. The number of amides is 2. The van der Waals surface area contributed by atoms with Crippen LogP contribution in [0, 0.1) is 0 Å². The van der Waals surface area contributed by atoms with Crippen LogP contribution in [0.4, 0.5) is 10.8 Å². The lowest BCUT2D eigenvalue weighted by molar-refractivity contribution is 0.102. The third kappa shape index (κ3) is 4.06. The molecule has 2 amide bonds. The zero-order valence-electron chi connectivity index (χ0n) is 14.1. The molecule has 0 aliphatic heterocycles. The van der Waals surface area contributed by atoms with Crippen molar-refractivity contribution >= 4 is 49.9 Å². The van der Waals surface area contributed by atoms with Crippen molar-refractivity contribution in [2.45, 2.75) is 18.8 Å². The van der Waals surface area contributed by atoms with Crippen LogP contribution in [0.2, 0.25) is 0 Å². The molecule has 136 valence electrons. The summed E-state index contributed by atoms with van der Waals surface area (Å²) in [5.74, 6) is -0.143. The molecule has 0 spiro atoms. The smallest absolute Gasteiger partial charge is 0.259 e. The van der Waals surface area contributed by atoms with Gasteiger partial charge in [0.2, 0.25) is 5.13 Å². The van der Waals surface area contributed by atoms with Crippen LogP contribution >= 0.6 is 27.3 Å². The molecule has 3 aromatic rings. The SMILES string of the molecule is O=C(Nc1ccccc1C(=O)Nc1nnc(C2CC2)s1)c1ccccc1Br. The van der Waals surface area contributed by atoms with Gasteiger partial charge in [-0.05, 0) is 53.0 Å². The van der Waals surface area contributed by atoms with Gasteiger partial charge in [-0.25, -0.2) is 0 Å². The molecular weight excluding hydrogens is 428 g/mol. The van der Waals surface area contributed by atoms with E-state index < -0.39 is 0 Å². The summed E-state index contributed by atoms with van der Waals surface area (Å²) in [5.41, 5.74) is 1.29. The Morgan fingerprint density at radius 2 is 1.59 bits per heavy atom. The van der Waals surface area contributed by atoms with Gasteiger partial charge >= 0.3 is 0 Å². The van der Waals surface area contributed by atoms with Crippen LogP contribution in [0.25, 0.3) is 0 Å². The van der Waals surface area contributed by atoms with Crippen LogP contribution < -0.4 is 10.6 Å². The Balaban J connectivity index is 1.52. The quantitative estimate of drug-likeness (QED) is 0.600. The lowest BCUT2D eigenvalue weighted by Gasteiger charge is -2.11. The Kier molecular flexibility index (Phi) is 5.00. The molecule has 1 saturated carbocycles. The first-order valence-corrected chi connectivity index (χ1v) is 10.0. The zero-order valence-corrected chi connectivity index (χ0v) is 16.5. The van der Waals surface area contributed by atoms with Crippen molar-refractivity contribution in [2.75, 3.05) is 10.6 Å². The van der Waals surface area contributed by atoms with Crippen LogP contribution in [0.1, 0.15) is 44.5 Å². The first kappa shape index (κ1) is 17.8. The highest BCUT2D eigenvalue weighted by atomic mass is 79.9. The van der Waals surface area contributed by atoms with Gasteiger partial charge in [0, 0.05) is 10.4 Å². The monoisotopic (exact) mass is 442 g/mol.